The van der Waals surface area contributed by atoms with E-state index in [2.05, 4.69) is 20.4 Å². The molecule has 1 heterocycles. The summed E-state index contributed by atoms with van der Waals surface area (Å²) in [5.41, 5.74) is 6.23. The van der Waals surface area contributed by atoms with Crippen molar-refractivity contribution in [2.75, 3.05) is 6.54 Å². The zero-order chi connectivity index (χ0) is 20.0. The third kappa shape index (κ3) is 5.96. The van der Waals surface area contributed by atoms with Crippen LogP contribution in [0.3, 0.4) is 0 Å². The summed E-state index contributed by atoms with van der Waals surface area (Å²) >= 11 is 6.09. The van der Waals surface area contributed by atoms with Gasteiger partial charge in [0.2, 0.25) is 11.8 Å². The number of hydrazone groups is 1. The first-order valence-corrected chi connectivity index (χ1v) is 9.19. The van der Waals surface area contributed by atoms with Crippen molar-refractivity contribution < 1.29 is 9.59 Å². The Balaban J connectivity index is 2.01. The molecule has 144 valence electrons. The summed E-state index contributed by atoms with van der Waals surface area (Å²) in [5.74, 6) is -0.420. The number of rotatable bonds is 7. The second-order valence-electron chi connectivity index (χ2n) is 6.81. The molecular formula is C20H25ClN4O2. The summed E-state index contributed by atoms with van der Waals surface area (Å²) in [6.07, 6.45) is 1.33. The van der Waals surface area contributed by atoms with Gasteiger partial charge in [-0.2, -0.15) is 5.10 Å². The van der Waals surface area contributed by atoms with Gasteiger partial charge in [0.1, 0.15) is 6.42 Å². The van der Waals surface area contributed by atoms with Gasteiger partial charge in [-0.1, -0.05) is 31.5 Å². The molecule has 6 nitrogen and oxygen atoms in total. The van der Waals surface area contributed by atoms with Gasteiger partial charge in [0, 0.05) is 34.2 Å². The summed E-state index contributed by atoms with van der Waals surface area (Å²) in [4.78, 5) is 23.4. The van der Waals surface area contributed by atoms with E-state index in [1.165, 1.54) is 0 Å². The molecule has 1 aromatic carbocycles. The highest BCUT2D eigenvalue weighted by Gasteiger charge is 2.11. The topological polar surface area (TPSA) is 75.5 Å². The standard InChI is InChI=1S/C20H25ClN4O2/c1-13(2)11-22-19(26)10-20(27)24-23-12-16-8-14(3)25(15(16)4)18-7-5-6-17(21)9-18/h5-9,12-13H,10-11H2,1-4H3,(H,22,26)(H,24,27)/b23-12+. The van der Waals surface area contributed by atoms with Gasteiger partial charge in [-0.3, -0.25) is 9.59 Å². The molecule has 0 saturated heterocycles. The first-order valence-electron chi connectivity index (χ1n) is 8.81. The Labute approximate surface area is 164 Å². The van der Waals surface area contributed by atoms with E-state index in [1.807, 2.05) is 58.0 Å². The molecule has 2 N–H and O–H groups in total. The molecular weight excluding hydrogens is 364 g/mol. The van der Waals surface area contributed by atoms with E-state index >= 15 is 0 Å². The summed E-state index contributed by atoms with van der Waals surface area (Å²) in [6.45, 7) is 8.49. The third-order valence-electron chi connectivity index (χ3n) is 3.96. The molecule has 0 saturated carbocycles. The van der Waals surface area contributed by atoms with Crippen LogP contribution in [0.2, 0.25) is 5.02 Å². The Bertz CT molecular complexity index is 856. The second kappa shape index (κ2) is 9.37. The van der Waals surface area contributed by atoms with E-state index in [9.17, 15) is 9.59 Å². The molecule has 0 unspecified atom stereocenters. The Hall–Kier alpha value is -2.60. The number of hydrogen-bond acceptors (Lipinski definition) is 3. The van der Waals surface area contributed by atoms with Crippen molar-refractivity contribution in [3.05, 3.63) is 52.3 Å². The number of hydrogen-bond donors (Lipinski definition) is 2. The molecule has 2 amide bonds. The van der Waals surface area contributed by atoms with Crippen LogP contribution in [0.4, 0.5) is 0 Å². The van der Waals surface area contributed by atoms with Gasteiger partial charge < -0.3 is 9.88 Å². The minimum atomic E-state index is -0.448. The van der Waals surface area contributed by atoms with Gasteiger partial charge in [-0.25, -0.2) is 5.43 Å². The largest absolute Gasteiger partial charge is 0.355 e. The molecule has 7 heteroatoms. The number of nitrogens with one attached hydrogen (secondary N) is 2. The van der Waals surface area contributed by atoms with E-state index < -0.39 is 5.91 Å². The van der Waals surface area contributed by atoms with Crippen LogP contribution in [0, 0.1) is 19.8 Å². The van der Waals surface area contributed by atoms with Crippen LogP contribution in [-0.4, -0.2) is 29.1 Å². The maximum absolute atomic E-state index is 11.8. The molecule has 0 aliphatic heterocycles. The van der Waals surface area contributed by atoms with Gasteiger partial charge in [0.25, 0.3) is 0 Å². The predicted octanol–water partition coefficient (Wildman–Crippen LogP) is 3.36. The van der Waals surface area contributed by atoms with Crippen LogP contribution in [0.5, 0.6) is 0 Å². The predicted molar refractivity (Wildman–Crippen MR) is 108 cm³/mol. The molecule has 0 aliphatic carbocycles. The van der Waals surface area contributed by atoms with Crippen molar-refractivity contribution in [2.45, 2.75) is 34.1 Å². The quantitative estimate of drug-likeness (QED) is 0.433. The van der Waals surface area contributed by atoms with Gasteiger partial charge in [-0.15, -0.1) is 0 Å². The summed E-state index contributed by atoms with van der Waals surface area (Å²) in [7, 11) is 0. The summed E-state index contributed by atoms with van der Waals surface area (Å²) in [6, 6.07) is 9.56. The number of carbonyl (C=O) groups is 2. The maximum Gasteiger partial charge on any atom is 0.249 e. The minimum Gasteiger partial charge on any atom is -0.355 e. The van der Waals surface area contributed by atoms with Gasteiger partial charge in [0.05, 0.1) is 6.21 Å². The average Bonchev–Trinajstić information content (AvgIpc) is 2.87. The number of aryl methyl sites for hydroxylation is 1. The first kappa shape index (κ1) is 20.7. The highest BCUT2D eigenvalue weighted by Crippen LogP contribution is 2.22. The Morgan fingerprint density at radius 2 is 1.96 bits per heavy atom. The van der Waals surface area contributed by atoms with Crippen molar-refractivity contribution >= 4 is 29.6 Å². The molecule has 0 aliphatic rings. The van der Waals surface area contributed by atoms with E-state index in [1.54, 1.807) is 6.21 Å². The van der Waals surface area contributed by atoms with Crippen LogP contribution in [0.15, 0.2) is 35.4 Å². The van der Waals surface area contributed by atoms with E-state index in [0.717, 1.165) is 22.6 Å². The first-order chi connectivity index (χ1) is 12.8. The van der Waals surface area contributed by atoms with Gasteiger partial charge >= 0.3 is 0 Å². The van der Waals surface area contributed by atoms with Crippen LogP contribution in [0.25, 0.3) is 5.69 Å². The molecule has 1 aromatic heterocycles. The van der Waals surface area contributed by atoms with Gasteiger partial charge in [0.15, 0.2) is 0 Å². The highest BCUT2D eigenvalue weighted by molar-refractivity contribution is 6.30. The normalized spacial score (nSPS) is 11.2. The van der Waals surface area contributed by atoms with Gasteiger partial charge in [-0.05, 0) is 44.0 Å². The maximum atomic E-state index is 11.8. The number of nitrogens with zero attached hydrogens (tertiary/aromatic N) is 2. The van der Waals surface area contributed by atoms with Crippen LogP contribution >= 0.6 is 11.6 Å². The summed E-state index contributed by atoms with van der Waals surface area (Å²) < 4.78 is 2.06. The Kier molecular flexibility index (Phi) is 7.19. The Morgan fingerprint density at radius 3 is 2.63 bits per heavy atom. The fourth-order valence-electron chi connectivity index (χ4n) is 2.67. The smallest absolute Gasteiger partial charge is 0.249 e. The zero-order valence-electron chi connectivity index (χ0n) is 16.0. The van der Waals surface area contributed by atoms with Crippen LogP contribution in [-0.2, 0) is 9.59 Å². The number of carbonyl (C=O) groups excluding carboxylic acids is 2. The molecule has 0 spiro atoms. The fraction of sp³-hybridized carbons (Fsp3) is 0.350. The molecule has 2 rings (SSSR count). The van der Waals surface area contributed by atoms with Crippen molar-refractivity contribution in [3.8, 4) is 5.69 Å². The molecule has 0 bridgehead atoms. The van der Waals surface area contributed by atoms with E-state index in [4.69, 9.17) is 11.6 Å². The molecule has 0 atom stereocenters. The fourth-order valence-corrected chi connectivity index (χ4v) is 2.86. The van der Waals surface area contributed by atoms with Crippen molar-refractivity contribution in [2.24, 2.45) is 11.0 Å². The Morgan fingerprint density at radius 1 is 1.22 bits per heavy atom. The van der Waals surface area contributed by atoms with E-state index in [-0.39, 0.29) is 12.3 Å². The van der Waals surface area contributed by atoms with Crippen molar-refractivity contribution in [1.29, 1.82) is 0 Å². The highest BCUT2D eigenvalue weighted by atomic mass is 35.5. The summed E-state index contributed by atoms with van der Waals surface area (Å²) in [5, 5.41) is 7.34. The lowest BCUT2D eigenvalue weighted by Crippen LogP contribution is -2.32. The number of aromatic nitrogens is 1. The van der Waals surface area contributed by atoms with Crippen molar-refractivity contribution in [3.63, 3.8) is 0 Å². The number of benzene rings is 1. The van der Waals surface area contributed by atoms with Crippen molar-refractivity contribution in [1.82, 2.24) is 15.3 Å². The van der Waals surface area contributed by atoms with Crippen LogP contribution in [0.1, 0.15) is 37.2 Å². The molecule has 0 fully saturated rings. The number of halogens is 1. The second-order valence-corrected chi connectivity index (χ2v) is 7.25. The van der Waals surface area contributed by atoms with Crippen LogP contribution < -0.4 is 10.7 Å². The lowest BCUT2D eigenvalue weighted by Gasteiger charge is -2.09. The average molecular weight is 389 g/mol. The molecule has 2 aromatic rings. The minimum absolute atomic E-state index is 0.244. The molecule has 27 heavy (non-hydrogen) atoms. The monoisotopic (exact) mass is 388 g/mol. The lowest BCUT2D eigenvalue weighted by atomic mass is 10.2. The SMILES string of the molecule is Cc1cc(/C=N/NC(=O)CC(=O)NCC(C)C)c(C)n1-c1cccc(Cl)c1. The lowest BCUT2D eigenvalue weighted by molar-refractivity contribution is -0.129. The zero-order valence-corrected chi connectivity index (χ0v) is 16.8. The number of amides is 2. The third-order valence-corrected chi connectivity index (χ3v) is 4.19. The molecule has 0 radical (unpaired) electrons. The van der Waals surface area contributed by atoms with E-state index in [0.29, 0.717) is 17.5 Å².